The molecule has 0 fully saturated rings. The average molecular weight is 166 g/mol. The van der Waals surface area contributed by atoms with Gasteiger partial charge >= 0.3 is 0 Å². The number of halogens is 1. The van der Waals surface area contributed by atoms with Crippen molar-refractivity contribution in [3.05, 3.63) is 29.6 Å². The van der Waals surface area contributed by atoms with Crippen molar-refractivity contribution in [2.75, 3.05) is 6.61 Å². The molecule has 0 aliphatic carbocycles. The largest absolute Gasteiger partial charge is 0.489 e. The highest BCUT2D eigenvalue weighted by atomic mass is 19.1. The molecule has 1 heterocycles. The second-order valence-corrected chi connectivity index (χ2v) is 2.64. The molecule has 0 aromatic heterocycles. The number of para-hydroxylation sites is 1. The molecule has 0 saturated heterocycles. The van der Waals surface area contributed by atoms with E-state index in [4.69, 9.17) is 4.74 Å². The first-order valence-corrected chi connectivity index (χ1v) is 3.73. The summed E-state index contributed by atoms with van der Waals surface area (Å²) in [5, 5.41) is 0. The van der Waals surface area contributed by atoms with E-state index in [-0.39, 0.29) is 18.1 Å². The van der Waals surface area contributed by atoms with Crippen LogP contribution in [-0.4, -0.2) is 12.4 Å². The quantitative estimate of drug-likeness (QED) is 0.587. The molecular formula is C9H7FO2. The van der Waals surface area contributed by atoms with E-state index in [0.717, 1.165) is 0 Å². The molecule has 1 aliphatic heterocycles. The van der Waals surface area contributed by atoms with Crippen molar-refractivity contribution in [1.29, 1.82) is 0 Å². The van der Waals surface area contributed by atoms with Gasteiger partial charge in [-0.3, -0.25) is 4.79 Å². The predicted molar refractivity (Wildman–Crippen MR) is 40.8 cm³/mol. The van der Waals surface area contributed by atoms with E-state index in [1.165, 1.54) is 12.1 Å². The molecule has 0 radical (unpaired) electrons. The van der Waals surface area contributed by atoms with E-state index in [9.17, 15) is 9.18 Å². The first-order valence-electron chi connectivity index (χ1n) is 3.73. The Balaban J connectivity index is 2.59. The van der Waals surface area contributed by atoms with Gasteiger partial charge in [-0.2, -0.15) is 0 Å². The number of hydrogen-bond donors (Lipinski definition) is 0. The Labute approximate surface area is 69.0 Å². The fourth-order valence-electron chi connectivity index (χ4n) is 1.26. The van der Waals surface area contributed by atoms with Crippen molar-refractivity contribution in [1.82, 2.24) is 0 Å². The van der Waals surface area contributed by atoms with Gasteiger partial charge in [-0.05, 0) is 12.1 Å². The predicted octanol–water partition coefficient (Wildman–Crippen LogP) is 1.79. The van der Waals surface area contributed by atoms with Crippen LogP contribution in [0.5, 0.6) is 5.75 Å². The van der Waals surface area contributed by atoms with Crippen LogP contribution in [0.15, 0.2) is 18.2 Å². The van der Waals surface area contributed by atoms with Gasteiger partial charge in [-0.15, -0.1) is 0 Å². The fourth-order valence-corrected chi connectivity index (χ4v) is 1.26. The maximum atomic E-state index is 13.0. The number of rotatable bonds is 0. The lowest BCUT2D eigenvalue weighted by Gasteiger charge is -2.15. The van der Waals surface area contributed by atoms with Crippen LogP contribution in [0.3, 0.4) is 0 Å². The van der Waals surface area contributed by atoms with Gasteiger partial charge in [0.1, 0.15) is 0 Å². The molecule has 12 heavy (non-hydrogen) atoms. The number of carbonyl (C=O) groups excluding carboxylic acids is 1. The molecular weight excluding hydrogens is 159 g/mol. The Morgan fingerprint density at radius 2 is 2.25 bits per heavy atom. The molecule has 2 nitrogen and oxygen atoms in total. The molecule has 2 rings (SSSR count). The number of ether oxygens (including phenoxy) is 1. The SMILES string of the molecule is O=C1CCOc2c(F)cccc21. The minimum Gasteiger partial charge on any atom is -0.489 e. The maximum absolute atomic E-state index is 13.0. The Kier molecular flexibility index (Phi) is 1.57. The van der Waals surface area contributed by atoms with Crippen molar-refractivity contribution < 1.29 is 13.9 Å². The molecule has 0 spiro atoms. The van der Waals surface area contributed by atoms with E-state index in [1.54, 1.807) is 6.07 Å². The van der Waals surface area contributed by atoms with E-state index in [2.05, 4.69) is 0 Å². The molecule has 0 atom stereocenters. The van der Waals surface area contributed by atoms with Crippen LogP contribution in [0.2, 0.25) is 0 Å². The highest BCUT2D eigenvalue weighted by Gasteiger charge is 2.20. The summed E-state index contributed by atoms with van der Waals surface area (Å²) in [6.07, 6.45) is 0.344. The Morgan fingerprint density at radius 3 is 3.00 bits per heavy atom. The van der Waals surface area contributed by atoms with Crippen LogP contribution in [0.25, 0.3) is 0 Å². The third-order valence-corrected chi connectivity index (χ3v) is 1.84. The van der Waals surface area contributed by atoms with Crippen LogP contribution in [-0.2, 0) is 0 Å². The van der Waals surface area contributed by atoms with Gasteiger partial charge in [0.25, 0.3) is 0 Å². The van der Waals surface area contributed by atoms with Crippen LogP contribution in [0.4, 0.5) is 4.39 Å². The second-order valence-electron chi connectivity index (χ2n) is 2.64. The molecule has 1 aromatic rings. The zero-order valence-corrected chi connectivity index (χ0v) is 6.34. The third kappa shape index (κ3) is 0.978. The number of fused-ring (bicyclic) bond motifs is 1. The second kappa shape index (κ2) is 2.59. The van der Waals surface area contributed by atoms with Crippen LogP contribution < -0.4 is 4.74 Å². The lowest BCUT2D eigenvalue weighted by Crippen LogP contribution is -2.16. The van der Waals surface area contributed by atoms with E-state index in [1.807, 2.05) is 0 Å². The summed E-state index contributed by atoms with van der Waals surface area (Å²) in [5.41, 5.74) is 0.362. The molecule has 0 N–H and O–H groups in total. The first-order chi connectivity index (χ1) is 5.79. The fraction of sp³-hybridized carbons (Fsp3) is 0.222. The number of hydrogen-bond acceptors (Lipinski definition) is 2. The van der Waals surface area contributed by atoms with E-state index < -0.39 is 5.82 Å². The summed E-state index contributed by atoms with van der Waals surface area (Å²) < 4.78 is 18.0. The minimum absolute atomic E-state index is 0.0456. The minimum atomic E-state index is -0.458. The molecule has 0 saturated carbocycles. The molecule has 3 heteroatoms. The lowest BCUT2D eigenvalue weighted by atomic mass is 10.1. The van der Waals surface area contributed by atoms with Crippen molar-refractivity contribution in [3.63, 3.8) is 0 Å². The summed E-state index contributed by atoms with van der Waals surface area (Å²) in [6, 6.07) is 4.39. The molecule has 0 unspecified atom stereocenters. The van der Waals surface area contributed by atoms with Gasteiger partial charge in [0.15, 0.2) is 17.3 Å². The lowest BCUT2D eigenvalue weighted by molar-refractivity contribution is 0.0929. The molecule has 0 bridgehead atoms. The third-order valence-electron chi connectivity index (χ3n) is 1.84. The zero-order chi connectivity index (χ0) is 8.55. The number of benzene rings is 1. The monoisotopic (exact) mass is 166 g/mol. The summed E-state index contributed by atoms with van der Waals surface area (Å²) in [4.78, 5) is 11.2. The highest BCUT2D eigenvalue weighted by molar-refractivity contribution is 5.99. The number of Topliss-reactive ketones (excluding diaryl/α,β-unsaturated/α-hetero) is 1. The van der Waals surface area contributed by atoms with Gasteiger partial charge in [0.2, 0.25) is 0 Å². The van der Waals surface area contributed by atoms with Crippen molar-refractivity contribution >= 4 is 5.78 Å². The van der Waals surface area contributed by atoms with Crippen molar-refractivity contribution in [2.45, 2.75) is 6.42 Å². The van der Waals surface area contributed by atoms with Crippen molar-refractivity contribution in [3.8, 4) is 5.75 Å². The topological polar surface area (TPSA) is 26.3 Å². The molecule has 62 valence electrons. The Morgan fingerprint density at radius 1 is 1.42 bits per heavy atom. The summed E-state index contributed by atoms with van der Waals surface area (Å²) in [6.45, 7) is 0.284. The van der Waals surface area contributed by atoms with Gasteiger partial charge in [-0.25, -0.2) is 4.39 Å². The van der Waals surface area contributed by atoms with Crippen LogP contribution >= 0.6 is 0 Å². The number of ketones is 1. The summed E-state index contributed by atoms with van der Waals surface area (Å²) >= 11 is 0. The summed E-state index contributed by atoms with van der Waals surface area (Å²) in [7, 11) is 0. The van der Waals surface area contributed by atoms with Gasteiger partial charge < -0.3 is 4.74 Å². The van der Waals surface area contributed by atoms with Gasteiger partial charge in [0, 0.05) is 6.42 Å². The smallest absolute Gasteiger partial charge is 0.170 e. The van der Waals surface area contributed by atoms with E-state index >= 15 is 0 Å². The molecule has 1 aliphatic rings. The Bertz CT molecular complexity index is 333. The van der Waals surface area contributed by atoms with E-state index in [0.29, 0.717) is 12.0 Å². The van der Waals surface area contributed by atoms with Gasteiger partial charge in [0.05, 0.1) is 12.2 Å². The maximum Gasteiger partial charge on any atom is 0.170 e. The standard InChI is InChI=1S/C9H7FO2/c10-7-3-1-2-6-8(11)4-5-12-9(6)7/h1-3H,4-5H2. The van der Waals surface area contributed by atoms with Gasteiger partial charge in [-0.1, -0.05) is 6.07 Å². The number of carbonyl (C=O) groups is 1. The molecule has 0 amide bonds. The molecule has 1 aromatic carbocycles. The zero-order valence-electron chi connectivity index (χ0n) is 6.34. The average Bonchev–Trinajstić information content (AvgIpc) is 2.07. The Hall–Kier alpha value is -1.38. The van der Waals surface area contributed by atoms with Crippen molar-refractivity contribution in [2.24, 2.45) is 0 Å². The van der Waals surface area contributed by atoms with Crippen LogP contribution in [0, 0.1) is 5.82 Å². The van der Waals surface area contributed by atoms with Crippen LogP contribution in [0.1, 0.15) is 16.8 Å². The normalized spacial score (nSPS) is 15.2. The first kappa shape index (κ1) is 7.28. The summed E-state index contributed by atoms with van der Waals surface area (Å²) in [5.74, 6) is -0.398. The highest BCUT2D eigenvalue weighted by Crippen LogP contribution is 2.27.